The maximum absolute atomic E-state index is 13.4. The van der Waals surface area contributed by atoms with E-state index in [-0.39, 0.29) is 12.0 Å². The number of fused-ring (bicyclic) bond motifs is 1. The first kappa shape index (κ1) is 22.6. The van der Waals surface area contributed by atoms with Gasteiger partial charge in [-0.05, 0) is 30.9 Å². The molecular formula is C25H31N7O2S. The molecule has 5 heterocycles. The molecule has 0 atom stereocenters. The summed E-state index contributed by atoms with van der Waals surface area (Å²) in [5, 5.41) is 6.64. The minimum absolute atomic E-state index is 0.0999. The molecule has 0 radical (unpaired) electrons. The minimum atomic E-state index is 0.0999. The van der Waals surface area contributed by atoms with Gasteiger partial charge in [0.1, 0.15) is 5.82 Å². The van der Waals surface area contributed by atoms with E-state index in [0.29, 0.717) is 30.8 Å². The molecule has 3 fully saturated rings. The first-order valence-electron chi connectivity index (χ1n) is 12.5. The maximum Gasteiger partial charge on any atom is 0.264 e. The van der Waals surface area contributed by atoms with Crippen molar-refractivity contribution in [2.24, 2.45) is 0 Å². The van der Waals surface area contributed by atoms with Crippen molar-refractivity contribution in [3.8, 4) is 0 Å². The highest BCUT2D eigenvalue weighted by Gasteiger charge is 2.36. The molecule has 1 aliphatic carbocycles. The first-order valence-corrected chi connectivity index (χ1v) is 13.3. The van der Waals surface area contributed by atoms with Crippen LogP contribution in [0.4, 0.5) is 17.5 Å². The van der Waals surface area contributed by atoms with Crippen LogP contribution >= 0.6 is 11.3 Å². The van der Waals surface area contributed by atoms with E-state index in [9.17, 15) is 4.79 Å². The summed E-state index contributed by atoms with van der Waals surface area (Å²) in [6.07, 6.45) is 8.49. The molecule has 0 aromatic carbocycles. The van der Waals surface area contributed by atoms with E-state index < -0.39 is 0 Å². The van der Waals surface area contributed by atoms with Crippen molar-refractivity contribution in [1.29, 1.82) is 0 Å². The summed E-state index contributed by atoms with van der Waals surface area (Å²) in [4.78, 5) is 32.5. The van der Waals surface area contributed by atoms with Crippen LogP contribution in [0, 0.1) is 0 Å². The molecule has 0 unspecified atom stereocenters. The van der Waals surface area contributed by atoms with Crippen LogP contribution in [0.5, 0.6) is 0 Å². The summed E-state index contributed by atoms with van der Waals surface area (Å²) < 4.78 is 6.34. The predicted octanol–water partition coefficient (Wildman–Crippen LogP) is 3.37. The normalized spacial score (nSPS) is 19.3. The number of pyridine rings is 1. The van der Waals surface area contributed by atoms with Crippen molar-refractivity contribution in [1.82, 2.24) is 25.2 Å². The highest BCUT2D eigenvalue weighted by Crippen LogP contribution is 2.43. The number of rotatable bonds is 6. The minimum Gasteiger partial charge on any atom is -0.378 e. The van der Waals surface area contributed by atoms with E-state index >= 15 is 0 Å². The molecule has 3 aromatic heterocycles. The van der Waals surface area contributed by atoms with Crippen molar-refractivity contribution in [3.05, 3.63) is 35.0 Å². The van der Waals surface area contributed by atoms with Gasteiger partial charge in [-0.25, -0.2) is 15.0 Å². The summed E-state index contributed by atoms with van der Waals surface area (Å²) in [5.74, 6) is 1.70. The summed E-state index contributed by atoms with van der Waals surface area (Å²) in [5.41, 5.74) is 3.14. The van der Waals surface area contributed by atoms with Gasteiger partial charge in [0.2, 0.25) is 5.95 Å². The fourth-order valence-corrected chi connectivity index (χ4v) is 6.47. The smallest absolute Gasteiger partial charge is 0.264 e. The average Bonchev–Trinajstić information content (AvgIpc) is 3.52. The number of amides is 1. The molecule has 3 aromatic rings. The van der Waals surface area contributed by atoms with Crippen LogP contribution < -0.4 is 15.5 Å². The molecule has 10 heteroatoms. The molecule has 2 N–H and O–H groups in total. The summed E-state index contributed by atoms with van der Waals surface area (Å²) >= 11 is 1.53. The van der Waals surface area contributed by atoms with Crippen molar-refractivity contribution in [3.63, 3.8) is 0 Å². The number of ether oxygens (including phenoxy) is 1. The molecule has 3 aliphatic rings. The average molecular weight is 494 g/mol. The fraction of sp³-hybridized carbons (Fsp3) is 0.520. The zero-order chi connectivity index (χ0) is 23.8. The number of methoxy groups -OCH3 is 1. The summed E-state index contributed by atoms with van der Waals surface area (Å²) in [6, 6.07) is 4.06. The Morgan fingerprint density at radius 2 is 1.94 bits per heavy atom. The Labute approximate surface area is 208 Å². The van der Waals surface area contributed by atoms with Crippen LogP contribution in [-0.4, -0.2) is 78.2 Å². The zero-order valence-corrected chi connectivity index (χ0v) is 20.8. The van der Waals surface area contributed by atoms with E-state index in [2.05, 4.69) is 31.6 Å². The number of hydrogen-bond acceptors (Lipinski definition) is 9. The third kappa shape index (κ3) is 4.46. The van der Waals surface area contributed by atoms with Crippen molar-refractivity contribution >= 4 is 44.9 Å². The van der Waals surface area contributed by atoms with Gasteiger partial charge in [-0.15, -0.1) is 11.3 Å². The van der Waals surface area contributed by atoms with Gasteiger partial charge >= 0.3 is 0 Å². The van der Waals surface area contributed by atoms with Crippen LogP contribution in [0.2, 0.25) is 0 Å². The molecule has 2 saturated heterocycles. The van der Waals surface area contributed by atoms with Gasteiger partial charge in [0.25, 0.3) is 5.91 Å². The fourth-order valence-electron chi connectivity index (χ4n) is 5.30. The topological polar surface area (TPSA) is 95.5 Å². The lowest BCUT2D eigenvalue weighted by Gasteiger charge is -2.38. The Hall–Kier alpha value is -2.82. The van der Waals surface area contributed by atoms with Gasteiger partial charge in [-0.3, -0.25) is 4.79 Å². The molecule has 184 valence electrons. The number of nitrogens with one attached hydrogen (secondary N) is 2. The van der Waals surface area contributed by atoms with Gasteiger partial charge in [0.15, 0.2) is 0 Å². The number of carbonyl (C=O) groups excluding carboxylic acids is 1. The zero-order valence-electron chi connectivity index (χ0n) is 20.0. The Bertz CT molecular complexity index is 1200. The van der Waals surface area contributed by atoms with Crippen LogP contribution in [0.1, 0.15) is 46.8 Å². The van der Waals surface area contributed by atoms with Crippen molar-refractivity contribution in [2.45, 2.75) is 37.7 Å². The molecule has 1 saturated carbocycles. The number of hydrogen-bond donors (Lipinski definition) is 2. The van der Waals surface area contributed by atoms with Crippen LogP contribution in [-0.2, 0) is 4.74 Å². The van der Waals surface area contributed by atoms with Gasteiger partial charge in [-0.1, -0.05) is 12.8 Å². The number of nitrogens with zero attached hydrogens (tertiary/aromatic N) is 5. The molecule has 35 heavy (non-hydrogen) atoms. The van der Waals surface area contributed by atoms with E-state index in [4.69, 9.17) is 9.72 Å². The Kier molecular flexibility index (Phi) is 6.26. The lowest BCUT2D eigenvalue weighted by atomic mass is 9.96. The van der Waals surface area contributed by atoms with Crippen LogP contribution in [0.15, 0.2) is 24.5 Å². The second-order valence-electron chi connectivity index (χ2n) is 9.56. The Balaban J connectivity index is 1.27. The molecular weight excluding hydrogens is 462 g/mol. The van der Waals surface area contributed by atoms with Gasteiger partial charge in [-0.2, -0.15) is 0 Å². The van der Waals surface area contributed by atoms with Crippen molar-refractivity contribution in [2.75, 3.05) is 56.6 Å². The second kappa shape index (κ2) is 9.67. The number of anilines is 3. The predicted molar refractivity (Wildman–Crippen MR) is 138 cm³/mol. The third-order valence-corrected chi connectivity index (χ3v) is 8.48. The molecule has 0 bridgehead atoms. The van der Waals surface area contributed by atoms with Gasteiger partial charge in [0, 0.05) is 51.9 Å². The SMILES string of the molecule is COC1CN(C(=O)c2sc3cnc(Nc4ccc(N5CCNCC5)cn4)nc3c2C2CCCC2)C1. The first-order chi connectivity index (χ1) is 17.2. The molecule has 2 aliphatic heterocycles. The van der Waals surface area contributed by atoms with Crippen LogP contribution in [0.25, 0.3) is 10.2 Å². The molecule has 9 nitrogen and oxygen atoms in total. The molecule has 0 spiro atoms. The number of carbonyl (C=O) groups is 1. The Morgan fingerprint density at radius 3 is 2.66 bits per heavy atom. The van der Waals surface area contributed by atoms with E-state index in [0.717, 1.165) is 65.4 Å². The second-order valence-corrected chi connectivity index (χ2v) is 10.6. The largest absolute Gasteiger partial charge is 0.378 e. The Morgan fingerprint density at radius 1 is 1.14 bits per heavy atom. The van der Waals surface area contributed by atoms with Crippen LogP contribution in [0.3, 0.4) is 0 Å². The standard InChI is InChI=1S/C25H31N7O2S/c1-34-18-14-32(15-18)24(33)23-21(16-4-2-3-5-16)22-19(35-23)13-28-25(30-22)29-20-7-6-17(12-27-20)31-10-8-26-9-11-31/h6-7,12-13,16,18,26H,2-5,8-11,14-15H2,1H3,(H,27,28,29,30). The maximum atomic E-state index is 13.4. The van der Waals surface area contributed by atoms with Gasteiger partial charge < -0.3 is 25.2 Å². The summed E-state index contributed by atoms with van der Waals surface area (Å²) in [6.45, 7) is 5.27. The highest BCUT2D eigenvalue weighted by atomic mass is 32.1. The van der Waals surface area contributed by atoms with E-state index in [1.165, 1.54) is 24.2 Å². The van der Waals surface area contributed by atoms with E-state index in [1.807, 2.05) is 23.4 Å². The summed E-state index contributed by atoms with van der Waals surface area (Å²) in [7, 11) is 1.70. The lowest BCUT2D eigenvalue weighted by molar-refractivity contribution is -0.0190. The quantitative estimate of drug-likeness (QED) is 0.540. The third-order valence-electron chi connectivity index (χ3n) is 7.36. The number of aromatic nitrogens is 3. The molecule has 6 rings (SSSR count). The monoisotopic (exact) mass is 493 g/mol. The number of thiophene rings is 1. The molecule has 1 amide bonds. The highest BCUT2D eigenvalue weighted by molar-refractivity contribution is 7.21. The van der Waals surface area contributed by atoms with E-state index in [1.54, 1.807) is 7.11 Å². The van der Waals surface area contributed by atoms with Gasteiger partial charge in [0.05, 0.1) is 39.3 Å². The number of piperazine rings is 1. The number of likely N-dealkylation sites (tertiary alicyclic amines) is 1. The lowest BCUT2D eigenvalue weighted by Crippen LogP contribution is -2.54. The van der Waals surface area contributed by atoms with Crippen molar-refractivity contribution < 1.29 is 9.53 Å².